The highest BCUT2D eigenvalue weighted by Gasteiger charge is 2.23. The van der Waals surface area contributed by atoms with Crippen LogP contribution in [0.4, 0.5) is 4.39 Å². The van der Waals surface area contributed by atoms with Gasteiger partial charge in [0.25, 0.3) is 0 Å². The highest BCUT2D eigenvalue weighted by molar-refractivity contribution is 5.88. The zero-order valence-electron chi connectivity index (χ0n) is 10.8. The molecule has 0 heterocycles. The maximum Gasteiger partial charge on any atom is 0.338 e. The number of carboxylic acid groups (broad SMARTS) is 1. The third-order valence-electron chi connectivity index (χ3n) is 3.39. The minimum atomic E-state index is -1.28. The predicted molar refractivity (Wildman–Crippen MR) is 67.0 cm³/mol. The van der Waals surface area contributed by atoms with Crippen molar-refractivity contribution in [1.82, 2.24) is 0 Å². The summed E-state index contributed by atoms with van der Waals surface area (Å²) in [5.41, 5.74) is -0.342. The van der Waals surface area contributed by atoms with E-state index in [-0.39, 0.29) is 17.8 Å². The first-order valence-electron chi connectivity index (χ1n) is 6.32. The van der Waals surface area contributed by atoms with Crippen LogP contribution in [0.3, 0.4) is 0 Å². The standard InChI is InChI=1S/C14H17FO4/c1-18-9-3-2-4-10(7-9)19-11-5-6-12(14(16)17)13(15)8-11/h5-6,8-10H,2-4,7H2,1H3,(H,16,17). The molecule has 1 aromatic rings. The molecule has 0 aliphatic heterocycles. The summed E-state index contributed by atoms with van der Waals surface area (Å²) >= 11 is 0. The molecule has 0 spiro atoms. The molecule has 4 nitrogen and oxygen atoms in total. The Bertz CT molecular complexity index is 461. The zero-order chi connectivity index (χ0) is 13.8. The summed E-state index contributed by atoms with van der Waals surface area (Å²) in [5, 5.41) is 8.75. The number of benzene rings is 1. The largest absolute Gasteiger partial charge is 0.490 e. The van der Waals surface area contributed by atoms with Crippen molar-refractivity contribution >= 4 is 5.97 Å². The van der Waals surface area contributed by atoms with Gasteiger partial charge in [-0.2, -0.15) is 0 Å². The summed E-state index contributed by atoms with van der Waals surface area (Å²) in [7, 11) is 1.67. The normalized spacial score (nSPS) is 23.1. The molecule has 2 unspecified atom stereocenters. The highest BCUT2D eigenvalue weighted by atomic mass is 19.1. The van der Waals surface area contributed by atoms with Crippen molar-refractivity contribution in [2.75, 3.05) is 7.11 Å². The van der Waals surface area contributed by atoms with E-state index < -0.39 is 11.8 Å². The topological polar surface area (TPSA) is 55.8 Å². The van der Waals surface area contributed by atoms with E-state index in [1.165, 1.54) is 12.1 Å². The van der Waals surface area contributed by atoms with Crippen LogP contribution < -0.4 is 4.74 Å². The average molecular weight is 268 g/mol. The minimum absolute atomic E-state index is 0.00576. The Morgan fingerprint density at radius 3 is 2.74 bits per heavy atom. The molecule has 1 fully saturated rings. The average Bonchev–Trinajstić information content (AvgIpc) is 2.38. The monoisotopic (exact) mass is 268 g/mol. The summed E-state index contributed by atoms with van der Waals surface area (Å²) in [6, 6.07) is 3.84. The molecule has 0 radical (unpaired) electrons. The number of aromatic carboxylic acids is 1. The number of methoxy groups -OCH3 is 1. The maximum atomic E-state index is 13.5. The number of hydrogen-bond acceptors (Lipinski definition) is 3. The minimum Gasteiger partial charge on any atom is -0.490 e. The summed E-state index contributed by atoms with van der Waals surface area (Å²) in [6.45, 7) is 0. The Labute approximate surface area is 111 Å². The number of carbonyl (C=O) groups is 1. The van der Waals surface area contributed by atoms with E-state index in [9.17, 15) is 9.18 Å². The highest BCUT2D eigenvalue weighted by Crippen LogP contribution is 2.26. The van der Waals surface area contributed by atoms with E-state index in [0.29, 0.717) is 5.75 Å². The molecule has 1 aromatic carbocycles. The molecular weight excluding hydrogens is 251 g/mol. The van der Waals surface area contributed by atoms with E-state index in [4.69, 9.17) is 14.6 Å². The fourth-order valence-electron chi connectivity index (χ4n) is 2.36. The fourth-order valence-corrected chi connectivity index (χ4v) is 2.36. The lowest BCUT2D eigenvalue weighted by molar-refractivity contribution is 0.0209. The van der Waals surface area contributed by atoms with Crippen LogP contribution in [-0.4, -0.2) is 30.4 Å². The summed E-state index contributed by atoms with van der Waals surface area (Å²) in [4.78, 5) is 10.7. The van der Waals surface area contributed by atoms with Gasteiger partial charge in [0.2, 0.25) is 0 Å². The van der Waals surface area contributed by atoms with Gasteiger partial charge in [-0.05, 0) is 31.4 Å². The molecule has 0 bridgehead atoms. The van der Waals surface area contributed by atoms with Crippen molar-refractivity contribution in [2.45, 2.75) is 37.9 Å². The Balaban J connectivity index is 2.03. The predicted octanol–water partition coefficient (Wildman–Crippen LogP) is 2.86. The van der Waals surface area contributed by atoms with Gasteiger partial charge in [-0.1, -0.05) is 0 Å². The van der Waals surface area contributed by atoms with Crippen LogP contribution in [0.1, 0.15) is 36.0 Å². The fraction of sp³-hybridized carbons (Fsp3) is 0.500. The van der Waals surface area contributed by atoms with Gasteiger partial charge in [-0.25, -0.2) is 9.18 Å². The molecule has 5 heteroatoms. The number of ether oxygens (including phenoxy) is 2. The van der Waals surface area contributed by atoms with Gasteiger partial charge in [0.15, 0.2) is 0 Å². The summed E-state index contributed by atoms with van der Waals surface area (Å²) < 4.78 is 24.5. The van der Waals surface area contributed by atoms with E-state index in [1.807, 2.05) is 0 Å². The van der Waals surface area contributed by atoms with Gasteiger partial charge < -0.3 is 14.6 Å². The van der Waals surface area contributed by atoms with Crippen LogP contribution in [0, 0.1) is 5.82 Å². The van der Waals surface area contributed by atoms with Gasteiger partial charge in [0, 0.05) is 19.6 Å². The number of hydrogen-bond donors (Lipinski definition) is 1. The van der Waals surface area contributed by atoms with Gasteiger partial charge in [-0.3, -0.25) is 0 Å². The lowest BCUT2D eigenvalue weighted by atomic mass is 9.95. The van der Waals surface area contributed by atoms with Crippen molar-refractivity contribution < 1.29 is 23.8 Å². The second-order valence-corrected chi connectivity index (χ2v) is 4.71. The number of rotatable bonds is 4. The first kappa shape index (κ1) is 13.8. The Morgan fingerprint density at radius 2 is 2.11 bits per heavy atom. The van der Waals surface area contributed by atoms with E-state index in [0.717, 1.165) is 31.7 Å². The molecule has 0 saturated heterocycles. The van der Waals surface area contributed by atoms with Crippen LogP contribution in [-0.2, 0) is 4.74 Å². The molecule has 1 saturated carbocycles. The van der Waals surface area contributed by atoms with Crippen molar-refractivity contribution in [3.05, 3.63) is 29.6 Å². The van der Waals surface area contributed by atoms with Crippen molar-refractivity contribution in [1.29, 1.82) is 0 Å². The molecule has 0 aromatic heterocycles. The van der Waals surface area contributed by atoms with Crippen LogP contribution in [0.15, 0.2) is 18.2 Å². The molecule has 19 heavy (non-hydrogen) atoms. The molecule has 0 amide bonds. The SMILES string of the molecule is COC1CCCC(Oc2ccc(C(=O)O)c(F)c2)C1. The number of carboxylic acids is 1. The molecule has 1 N–H and O–H groups in total. The van der Waals surface area contributed by atoms with E-state index >= 15 is 0 Å². The van der Waals surface area contributed by atoms with Crippen molar-refractivity contribution in [3.8, 4) is 5.75 Å². The Hall–Kier alpha value is -1.62. The Kier molecular flexibility index (Phi) is 4.37. The molecular formula is C14H17FO4. The maximum absolute atomic E-state index is 13.5. The number of halogens is 1. The van der Waals surface area contributed by atoms with Gasteiger partial charge in [0.1, 0.15) is 17.7 Å². The molecule has 1 aliphatic rings. The van der Waals surface area contributed by atoms with Gasteiger partial charge in [-0.15, -0.1) is 0 Å². The van der Waals surface area contributed by atoms with Crippen molar-refractivity contribution in [3.63, 3.8) is 0 Å². The molecule has 2 rings (SSSR count). The summed E-state index contributed by atoms with van der Waals surface area (Å²) in [6.07, 6.45) is 3.89. The van der Waals surface area contributed by atoms with Crippen LogP contribution in [0.2, 0.25) is 0 Å². The van der Waals surface area contributed by atoms with Crippen LogP contribution >= 0.6 is 0 Å². The van der Waals surface area contributed by atoms with Gasteiger partial charge >= 0.3 is 5.97 Å². The zero-order valence-corrected chi connectivity index (χ0v) is 10.8. The first-order chi connectivity index (χ1) is 9.10. The molecule has 104 valence electrons. The molecule has 1 aliphatic carbocycles. The quantitative estimate of drug-likeness (QED) is 0.912. The lowest BCUT2D eigenvalue weighted by Gasteiger charge is -2.28. The Morgan fingerprint density at radius 1 is 1.37 bits per heavy atom. The third-order valence-corrected chi connectivity index (χ3v) is 3.39. The second kappa shape index (κ2) is 6.02. The van der Waals surface area contributed by atoms with E-state index in [1.54, 1.807) is 7.11 Å². The molecule has 2 atom stereocenters. The second-order valence-electron chi connectivity index (χ2n) is 4.71. The van der Waals surface area contributed by atoms with Crippen LogP contribution in [0.5, 0.6) is 5.75 Å². The van der Waals surface area contributed by atoms with Crippen molar-refractivity contribution in [2.24, 2.45) is 0 Å². The van der Waals surface area contributed by atoms with Crippen LogP contribution in [0.25, 0.3) is 0 Å². The smallest absolute Gasteiger partial charge is 0.338 e. The lowest BCUT2D eigenvalue weighted by Crippen LogP contribution is -2.29. The van der Waals surface area contributed by atoms with E-state index in [2.05, 4.69) is 0 Å². The third kappa shape index (κ3) is 3.44. The van der Waals surface area contributed by atoms with Gasteiger partial charge in [0.05, 0.1) is 11.7 Å². The first-order valence-corrected chi connectivity index (χ1v) is 6.32. The summed E-state index contributed by atoms with van der Waals surface area (Å²) in [5.74, 6) is -1.69.